The maximum atomic E-state index is 5.89. The van der Waals surface area contributed by atoms with E-state index in [1.165, 1.54) is 17.7 Å². The number of hydrogen-bond donors (Lipinski definition) is 0. The van der Waals surface area contributed by atoms with Gasteiger partial charge in [-0.1, -0.05) is 5.46 Å². The second kappa shape index (κ2) is 4.05. The Morgan fingerprint density at radius 2 is 1.94 bits per heavy atom. The first kappa shape index (κ1) is 10.6. The quantitative estimate of drug-likeness (QED) is 0.491. The van der Waals surface area contributed by atoms with Crippen LogP contribution in [0.15, 0.2) is 24.1 Å². The SMILES string of the molecule is [B]c1csc2c(-c3cncnc3)nc(Cl)nc12. The predicted octanol–water partition coefficient (Wildman–Crippen LogP) is 1.60. The molecule has 17 heavy (non-hydrogen) atoms. The van der Waals surface area contributed by atoms with Gasteiger partial charge in [0.1, 0.15) is 14.2 Å². The molecule has 3 aromatic heterocycles. The van der Waals surface area contributed by atoms with Crippen molar-refractivity contribution in [2.24, 2.45) is 0 Å². The first-order valence-electron chi connectivity index (χ1n) is 4.71. The van der Waals surface area contributed by atoms with E-state index in [2.05, 4.69) is 19.9 Å². The fourth-order valence-electron chi connectivity index (χ4n) is 1.53. The van der Waals surface area contributed by atoms with Gasteiger partial charge < -0.3 is 0 Å². The van der Waals surface area contributed by atoms with E-state index in [0.29, 0.717) is 16.7 Å². The minimum Gasteiger partial charge on any atom is -0.244 e. The molecular formula is C10H4BClN4S. The van der Waals surface area contributed by atoms with Gasteiger partial charge in [-0.05, 0) is 17.0 Å². The molecule has 0 bridgehead atoms. The molecule has 0 saturated carbocycles. The van der Waals surface area contributed by atoms with Crippen molar-refractivity contribution in [2.75, 3.05) is 0 Å². The number of hydrogen-bond acceptors (Lipinski definition) is 5. The van der Waals surface area contributed by atoms with Crippen LogP contribution in [0.2, 0.25) is 5.28 Å². The van der Waals surface area contributed by atoms with Crippen LogP contribution >= 0.6 is 22.9 Å². The fraction of sp³-hybridized carbons (Fsp3) is 0. The lowest BCUT2D eigenvalue weighted by molar-refractivity contribution is 1.15. The maximum absolute atomic E-state index is 5.89. The van der Waals surface area contributed by atoms with Crippen molar-refractivity contribution in [1.82, 2.24) is 19.9 Å². The summed E-state index contributed by atoms with van der Waals surface area (Å²) in [6.45, 7) is 0. The number of halogens is 1. The van der Waals surface area contributed by atoms with E-state index >= 15 is 0 Å². The molecular weight excluding hydrogens is 254 g/mol. The van der Waals surface area contributed by atoms with Gasteiger partial charge in [0.05, 0.1) is 15.9 Å². The lowest BCUT2D eigenvalue weighted by Crippen LogP contribution is -2.01. The molecule has 0 saturated heterocycles. The highest BCUT2D eigenvalue weighted by Gasteiger charge is 2.12. The highest BCUT2D eigenvalue weighted by atomic mass is 35.5. The van der Waals surface area contributed by atoms with Gasteiger partial charge in [0.2, 0.25) is 5.28 Å². The van der Waals surface area contributed by atoms with Crippen molar-refractivity contribution in [3.05, 3.63) is 29.4 Å². The summed E-state index contributed by atoms with van der Waals surface area (Å²) in [7, 11) is 5.82. The maximum Gasteiger partial charge on any atom is 0.223 e. The smallest absolute Gasteiger partial charge is 0.223 e. The summed E-state index contributed by atoms with van der Waals surface area (Å²) >= 11 is 7.37. The molecule has 80 valence electrons. The molecule has 0 amide bonds. The first-order valence-corrected chi connectivity index (χ1v) is 5.97. The van der Waals surface area contributed by atoms with Gasteiger partial charge in [0.25, 0.3) is 0 Å². The van der Waals surface area contributed by atoms with Gasteiger partial charge in [-0.25, -0.2) is 19.9 Å². The zero-order valence-electron chi connectivity index (χ0n) is 8.46. The number of aromatic nitrogens is 4. The summed E-state index contributed by atoms with van der Waals surface area (Å²) in [4.78, 5) is 16.3. The Labute approximate surface area is 107 Å². The van der Waals surface area contributed by atoms with Gasteiger partial charge >= 0.3 is 0 Å². The number of fused-ring (bicyclic) bond motifs is 1. The van der Waals surface area contributed by atoms with E-state index in [4.69, 9.17) is 19.4 Å². The van der Waals surface area contributed by atoms with Crippen molar-refractivity contribution < 1.29 is 0 Å². The molecule has 3 rings (SSSR count). The Balaban J connectivity index is 2.36. The highest BCUT2D eigenvalue weighted by molar-refractivity contribution is 7.18. The monoisotopic (exact) mass is 258 g/mol. The Hall–Kier alpha value is -1.53. The normalized spacial score (nSPS) is 10.9. The van der Waals surface area contributed by atoms with Crippen molar-refractivity contribution in [3.8, 4) is 11.3 Å². The Morgan fingerprint density at radius 3 is 2.71 bits per heavy atom. The standard InChI is InChI=1S/C10H4BClN4S/c11-6-3-17-9-7(5-1-13-4-14-2-5)15-10(12)16-8(6)9/h1-4H. The zero-order valence-corrected chi connectivity index (χ0v) is 10.0. The number of rotatable bonds is 1. The van der Waals surface area contributed by atoms with E-state index < -0.39 is 0 Å². The van der Waals surface area contributed by atoms with Crippen LogP contribution in [0.3, 0.4) is 0 Å². The minimum absolute atomic E-state index is 0.168. The summed E-state index contributed by atoms with van der Waals surface area (Å²) in [5.74, 6) is 0. The second-order valence-electron chi connectivity index (χ2n) is 3.34. The van der Waals surface area contributed by atoms with E-state index in [-0.39, 0.29) is 5.28 Å². The number of nitrogens with zero attached hydrogens (tertiary/aromatic N) is 4. The Kier molecular flexibility index (Phi) is 2.53. The van der Waals surface area contributed by atoms with Crippen molar-refractivity contribution in [3.63, 3.8) is 0 Å². The average molecular weight is 259 g/mol. The van der Waals surface area contributed by atoms with Crippen LogP contribution in [0.1, 0.15) is 0 Å². The highest BCUT2D eigenvalue weighted by Crippen LogP contribution is 2.28. The molecule has 0 spiro atoms. The molecule has 3 aromatic rings. The molecule has 7 heteroatoms. The summed E-state index contributed by atoms with van der Waals surface area (Å²) in [6, 6.07) is 0. The molecule has 0 aliphatic carbocycles. The van der Waals surface area contributed by atoms with Crippen molar-refractivity contribution >= 4 is 46.5 Å². The summed E-state index contributed by atoms with van der Waals surface area (Å²) in [5, 5.41) is 1.99. The van der Waals surface area contributed by atoms with Crippen LogP contribution in [0.5, 0.6) is 0 Å². The van der Waals surface area contributed by atoms with Gasteiger partial charge in [-0.2, -0.15) is 0 Å². The van der Waals surface area contributed by atoms with E-state index in [1.807, 2.05) is 5.38 Å². The third-order valence-electron chi connectivity index (χ3n) is 2.25. The summed E-state index contributed by atoms with van der Waals surface area (Å²) in [6.07, 6.45) is 4.83. The lowest BCUT2D eigenvalue weighted by atomic mass is 9.98. The molecule has 0 aliphatic heterocycles. The van der Waals surface area contributed by atoms with Crippen LogP contribution in [0, 0.1) is 0 Å². The van der Waals surface area contributed by atoms with Crippen LogP contribution in [-0.2, 0) is 0 Å². The second-order valence-corrected chi connectivity index (χ2v) is 4.55. The van der Waals surface area contributed by atoms with E-state index in [9.17, 15) is 0 Å². The van der Waals surface area contributed by atoms with Crippen molar-refractivity contribution in [2.45, 2.75) is 0 Å². The molecule has 0 aromatic carbocycles. The molecule has 0 N–H and O–H groups in total. The largest absolute Gasteiger partial charge is 0.244 e. The molecule has 0 fully saturated rings. The van der Waals surface area contributed by atoms with Crippen LogP contribution in [0.4, 0.5) is 0 Å². The van der Waals surface area contributed by atoms with Crippen LogP contribution in [0.25, 0.3) is 21.5 Å². The molecule has 0 unspecified atom stereocenters. The van der Waals surface area contributed by atoms with Gasteiger partial charge in [-0.3, -0.25) is 0 Å². The lowest BCUT2D eigenvalue weighted by Gasteiger charge is -2.02. The van der Waals surface area contributed by atoms with E-state index in [1.54, 1.807) is 12.4 Å². The Bertz CT molecular complexity index is 685. The molecule has 3 heterocycles. The van der Waals surface area contributed by atoms with Gasteiger partial charge in [-0.15, -0.1) is 11.3 Å². The zero-order chi connectivity index (χ0) is 11.8. The van der Waals surface area contributed by atoms with Gasteiger partial charge in [0, 0.05) is 18.0 Å². The third kappa shape index (κ3) is 1.79. The first-order chi connectivity index (χ1) is 8.25. The summed E-state index contributed by atoms with van der Waals surface area (Å²) < 4.78 is 0.890. The third-order valence-corrected chi connectivity index (χ3v) is 3.41. The van der Waals surface area contributed by atoms with Crippen molar-refractivity contribution in [1.29, 1.82) is 0 Å². The number of thiophene rings is 1. The van der Waals surface area contributed by atoms with Crippen LogP contribution in [-0.4, -0.2) is 27.8 Å². The van der Waals surface area contributed by atoms with E-state index in [0.717, 1.165) is 10.3 Å². The Morgan fingerprint density at radius 1 is 1.18 bits per heavy atom. The summed E-state index contributed by atoms with van der Waals surface area (Å²) in [5.41, 5.74) is 2.78. The fourth-order valence-corrected chi connectivity index (χ4v) is 2.60. The average Bonchev–Trinajstić information content (AvgIpc) is 2.72. The molecule has 0 aliphatic rings. The van der Waals surface area contributed by atoms with Gasteiger partial charge in [0.15, 0.2) is 0 Å². The minimum atomic E-state index is 0.168. The predicted molar refractivity (Wildman–Crippen MR) is 68.8 cm³/mol. The molecule has 4 nitrogen and oxygen atoms in total. The topological polar surface area (TPSA) is 51.6 Å². The molecule has 0 atom stereocenters. The van der Waals surface area contributed by atoms with Crippen LogP contribution < -0.4 is 5.46 Å². The molecule has 2 radical (unpaired) electrons.